The summed E-state index contributed by atoms with van der Waals surface area (Å²) in [6.45, 7) is 10.2. The van der Waals surface area contributed by atoms with Gasteiger partial charge in [-0.1, -0.05) is 49.7 Å². The lowest BCUT2D eigenvalue weighted by Crippen LogP contribution is -2.38. The number of hydrogen-bond acceptors (Lipinski definition) is 4. The number of aryl methyl sites for hydroxylation is 2. The van der Waals surface area contributed by atoms with E-state index < -0.39 is 23.5 Å². The van der Waals surface area contributed by atoms with E-state index in [0.717, 1.165) is 24.2 Å². The predicted molar refractivity (Wildman–Crippen MR) is 119 cm³/mol. The number of rotatable bonds is 7. The Morgan fingerprint density at radius 3 is 2.42 bits per heavy atom. The Hall–Kier alpha value is -2.99. The van der Waals surface area contributed by atoms with E-state index in [4.69, 9.17) is 0 Å². The van der Waals surface area contributed by atoms with Crippen molar-refractivity contribution in [1.82, 2.24) is 9.80 Å². The van der Waals surface area contributed by atoms with Crippen LogP contribution in [0.3, 0.4) is 0 Å². The normalized spacial score (nSPS) is 18.3. The molecular weight excluding hydrogens is 395 g/mol. The first-order valence-electron chi connectivity index (χ1n) is 10.6. The molecule has 0 bridgehead atoms. The number of Topliss-reactive ketones (excluding diaryl/α,β-unsaturated/α-hetero) is 1. The van der Waals surface area contributed by atoms with Crippen molar-refractivity contribution in [3.63, 3.8) is 0 Å². The van der Waals surface area contributed by atoms with E-state index in [1.807, 2.05) is 39.8 Å². The number of benzene rings is 2. The maximum absolute atomic E-state index is 14.8. The number of likely N-dealkylation sites (tertiary alicyclic amines) is 1. The van der Waals surface area contributed by atoms with Crippen LogP contribution in [-0.2, 0) is 9.59 Å². The zero-order valence-electron chi connectivity index (χ0n) is 18.5. The number of ketones is 1. The average Bonchev–Trinajstić information content (AvgIpc) is 3.00. The quantitative estimate of drug-likeness (QED) is 0.411. The van der Waals surface area contributed by atoms with Crippen LogP contribution in [0, 0.1) is 19.7 Å². The van der Waals surface area contributed by atoms with E-state index in [2.05, 4.69) is 4.90 Å². The van der Waals surface area contributed by atoms with Crippen LogP contribution >= 0.6 is 0 Å². The fraction of sp³-hybridized carbons (Fsp3) is 0.360. The predicted octanol–water partition coefficient (Wildman–Crippen LogP) is 4.21. The fourth-order valence-corrected chi connectivity index (χ4v) is 4.06. The number of nitrogens with zero attached hydrogens (tertiary/aromatic N) is 2. The van der Waals surface area contributed by atoms with Crippen LogP contribution in [0.15, 0.2) is 48.0 Å². The van der Waals surface area contributed by atoms with Gasteiger partial charge in [0, 0.05) is 24.2 Å². The molecule has 2 aromatic carbocycles. The molecule has 1 aliphatic heterocycles. The molecule has 1 amide bonds. The van der Waals surface area contributed by atoms with Gasteiger partial charge in [0.2, 0.25) is 0 Å². The van der Waals surface area contributed by atoms with E-state index in [1.165, 1.54) is 11.0 Å². The van der Waals surface area contributed by atoms with Crippen LogP contribution in [0.5, 0.6) is 0 Å². The van der Waals surface area contributed by atoms with Gasteiger partial charge in [-0.2, -0.15) is 0 Å². The zero-order valence-corrected chi connectivity index (χ0v) is 18.5. The summed E-state index contributed by atoms with van der Waals surface area (Å²) < 4.78 is 14.8. The molecule has 1 fully saturated rings. The third-order valence-corrected chi connectivity index (χ3v) is 5.94. The maximum atomic E-state index is 14.8. The van der Waals surface area contributed by atoms with Gasteiger partial charge in [0.05, 0.1) is 11.6 Å². The molecule has 1 atom stereocenters. The standard InChI is InChI=1S/C25H29FN2O3/c1-5-27(6-2)13-14-28-22(18-9-7-8-10-20(18)26)21(24(30)25(28)31)23(29)19-15-16(3)11-12-17(19)4/h7-12,15,22,29H,5-6,13-14H2,1-4H3. The number of hydrogen-bond donors (Lipinski definition) is 1. The van der Waals surface area contributed by atoms with Gasteiger partial charge < -0.3 is 14.9 Å². The van der Waals surface area contributed by atoms with E-state index in [-0.39, 0.29) is 23.4 Å². The van der Waals surface area contributed by atoms with E-state index in [1.54, 1.807) is 24.3 Å². The number of halogens is 1. The van der Waals surface area contributed by atoms with E-state index in [0.29, 0.717) is 12.1 Å². The van der Waals surface area contributed by atoms with Crippen molar-refractivity contribution in [2.45, 2.75) is 33.7 Å². The highest BCUT2D eigenvalue weighted by Gasteiger charge is 2.46. The summed E-state index contributed by atoms with van der Waals surface area (Å²) in [5, 5.41) is 11.2. The first-order chi connectivity index (χ1) is 14.8. The first kappa shape index (κ1) is 22.7. The number of amides is 1. The molecule has 0 aliphatic carbocycles. The molecule has 164 valence electrons. The summed E-state index contributed by atoms with van der Waals surface area (Å²) in [5.74, 6) is -2.29. The molecule has 5 nitrogen and oxygen atoms in total. The van der Waals surface area contributed by atoms with Crippen LogP contribution in [0.2, 0.25) is 0 Å². The smallest absolute Gasteiger partial charge is 0.295 e. The molecule has 3 rings (SSSR count). The Morgan fingerprint density at radius 1 is 1.10 bits per heavy atom. The van der Waals surface area contributed by atoms with Gasteiger partial charge in [0.25, 0.3) is 11.7 Å². The van der Waals surface area contributed by atoms with Crippen molar-refractivity contribution in [3.8, 4) is 0 Å². The molecule has 1 saturated heterocycles. The number of carbonyl (C=O) groups is 2. The van der Waals surface area contributed by atoms with Gasteiger partial charge >= 0.3 is 0 Å². The molecule has 31 heavy (non-hydrogen) atoms. The van der Waals surface area contributed by atoms with Gasteiger partial charge in [0.15, 0.2) is 0 Å². The zero-order chi connectivity index (χ0) is 22.7. The Morgan fingerprint density at radius 2 is 1.77 bits per heavy atom. The Kier molecular flexibility index (Phi) is 6.91. The van der Waals surface area contributed by atoms with Crippen molar-refractivity contribution in [2.75, 3.05) is 26.2 Å². The maximum Gasteiger partial charge on any atom is 0.295 e. The van der Waals surface area contributed by atoms with Gasteiger partial charge in [-0.15, -0.1) is 0 Å². The summed E-state index contributed by atoms with van der Waals surface area (Å²) in [6, 6.07) is 10.6. The summed E-state index contributed by atoms with van der Waals surface area (Å²) in [7, 11) is 0. The monoisotopic (exact) mass is 424 g/mol. The topological polar surface area (TPSA) is 60.9 Å². The van der Waals surface area contributed by atoms with Crippen LogP contribution in [0.25, 0.3) is 5.76 Å². The Balaban J connectivity index is 2.17. The fourth-order valence-electron chi connectivity index (χ4n) is 4.06. The lowest BCUT2D eigenvalue weighted by molar-refractivity contribution is -0.140. The highest BCUT2D eigenvalue weighted by molar-refractivity contribution is 6.46. The molecule has 1 N–H and O–H groups in total. The van der Waals surface area contributed by atoms with Gasteiger partial charge in [-0.25, -0.2) is 4.39 Å². The Bertz CT molecular complexity index is 1030. The van der Waals surface area contributed by atoms with Crippen LogP contribution < -0.4 is 0 Å². The largest absolute Gasteiger partial charge is 0.507 e. The summed E-state index contributed by atoms with van der Waals surface area (Å²) in [4.78, 5) is 29.6. The van der Waals surface area contributed by atoms with Crippen LogP contribution in [0.1, 0.15) is 42.1 Å². The molecule has 0 aromatic heterocycles. The second kappa shape index (κ2) is 9.43. The van der Waals surface area contributed by atoms with Crippen molar-refractivity contribution < 1.29 is 19.1 Å². The number of carbonyl (C=O) groups excluding carboxylic acids is 2. The minimum Gasteiger partial charge on any atom is -0.507 e. The molecule has 0 radical (unpaired) electrons. The molecule has 1 aliphatic rings. The lowest BCUT2D eigenvalue weighted by Gasteiger charge is -2.28. The summed E-state index contributed by atoms with van der Waals surface area (Å²) >= 11 is 0. The summed E-state index contributed by atoms with van der Waals surface area (Å²) in [6.07, 6.45) is 0. The van der Waals surface area contributed by atoms with Gasteiger partial charge in [0.1, 0.15) is 11.6 Å². The molecule has 2 aromatic rings. The molecule has 0 saturated carbocycles. The molecule has 1 heterocycles. The third-order valence-electron chi connectivity index (χ3n) is 5.94. The first-order valence-corrected chi connectivity index (χ1v) is 10.6. The lowest BCUT2D eigenvalue weighted by atomic mass is 9.93. The highest BCUT2D eigenvalue weighted by Crippen LogP contribution is 2.40. The molecule has 1 unspecified atom stereocenters. The third kappa shape index (κ3) is 4.39. The number of aliphatic hydroxyl groups excluding tert-OH is 1. The highest BCUT2D eigenvalue weighted by atomic mass is 19.1. The number of aliphatic hydroxyl groups is 1. The van der Waals surface area contributed by atoms with Crippen molar-refractivity contribution >= 4 is 17.4 Å². The van der Waals surface area contributed by atoms with Crippen molar-refractivity contribution in [2.24, 2.45) is 0 Å². The molecule has 0 spiro atoms. The van der Waals surface area contributed by atoms with Gasteiger partial charge in [-0.3, -0.25) is 9.59 Å². The Labute approximate surface area is 182 Å². The van der Waals surface area contributed by atoms with E-state index >= 15 is 0 Å². The molecule has 6 heteroatoms. The van der Waals surface area contributed by atoms with Crippen molar-refractivity contribution in [1.29, 1.82) is 0 Å². The van der Waals surface area contributed by atoms with Crippen molar-refractivity contribution in [3.05, 3.63) is 76.1 Å². The van der Waals surface area contributed by atoms with E-state index in [9.17, 15) is 19.1 Å². The minimum atomic E-state index is -0.975. The summed E-state index contributed by atoms with van der Waals surface area (Å²) in [5.41, 5.74) is 2.29. The molecular formula is C25H29FN2O3. The van der Waals surface area contributed by atoms with Crippen LogP contribution in [-0.4, -0.2) is 52.8 Å². The van der Waals surface area contributed by atoms with Gasteiger partial charge in [-0.05, 0) is 44.6 Å². The van der Waals surface area contributed by atoms with Crippen LogP contribution in [0.4, 0.5) is 4.39 Å². The number of likely N-dealkylation sites (N-methyl/N-ethyl adjacent to an activating group) is 1. The SMILES string of the molecule is CCN(CC)CCN1C(=O)C(=O)C(=C(O)c2cc(C)ccc2C)C1c1ccccc1F. The minimum absolute atomic E-state index is 0.0663. The second-order valence-corrected chi connectivity index (χ2v) is 7.86. The second-order valence-electron chi connectivity index (χ2n) is 7.86. The average molecular weight is 425 g/mol.